The second-order valence-electron chi connectivity index (χ2n) is 5.63. The monoisotopic (exact) mass is 242 g/mol. The zero-order valence-electron chi connectivity index (χ0n) is 11.5. The molecule has 0 radical (unpaired) electrons. The highest BCUT2D eigenvalue weighted by Gasteiger charge is 2.32. The number of likely N-dealkylation sites (tertiary alicyclic amines) is 1. The SMILES string of the molecule is CCC(C)(O)CN1CCCC(NC(C)C)C1=O. The largest absolute Gasteiger partial charge is 0.388 e. The van der Waals surface area contributed by atoms with E-state index in [1.807, 2.05) is 6.92 Å². The normalized spacial score (nSPS) is 25.2. The number of hydrogen-bond acceptors (Lipinski definition) is 3. The Morgan fingerprint density at radius 2 is 2.24 bits per heavy atom. The number of carbonyl (C=O) groups excluding carboxylic acids is 1. The molecule has 0 aromatic carbocycles. The first kappa shape index (κ1) is 14.5. The van der Waals surface area contributed by atoms with Crippen molar-refractivity contribution in [1.29, 1.82) is 0 Å². The van der Waals surface area contributed by atoms with E-state index in [0.717, 1.165) is 19.4 Å². The Morgan fingerprint density at radius 1 is 1.59 bits per heavy atom. The molecule has 0 aliphatic carbocycles. The Balaban J connectivity index is 2.59. The van der Waals surface area contributed by atoms with Gasteiger partial charge in [-0.25, -0.2) is 0 Å². The molecule has 1 aliphatic heterocycles. The summed E-state index contributed by atoms with van der Waals surface area (Å²) in [6.07, 6.45) is 2.58. The molecule has 1 aliphatic rings. The number of rotatable bonds is 5. The summed E-state index contributed by atoms with van der Waals surface area (Å²) in [7, 11) is 0. The average molecular weight is 242 g/mol. The molecule has 0 aromatic heterocycles. The first-order valence-corrected chi connectivity index (χ1v) is 6.63. The van der Waals surface area contributed by atoms with Crippen LogP contribution in [0.1, 0.15) is 47.0 Å². The predicted octanol–water partition coefficient (Wildman–Crippen LogP) is 1.14. The average Bonchev–Trinajstić information content (AvgIpc) is 2.23. The molecule has 2 unspecified atom stereocenters. The molecule has 0 aromatic rings. The van der Waals surface area contributed by atoms with E-state index in [-0.39, 0.29) is 11.9 Å². The quantitative estimate of drug-likeness (QED) is 0.760. The number of carbonyl (C=O) groups is 1. The lowest BCUT2D eigenvalue weighted by Crippen LogP contribution is -2.55. The predicted molar refractivity (Wildman–Crippen MR) is 68.8 cm³/mol. The van der Waals surface area contributed by atoms with Crippen molar-refractivity contribution in [2.75, 3.05) is 13.1 Å². The van der Waals surface area contributed by atoms with Crippen molar-refractivity contribution < 1.29 is 9.90 Å². The van der Waals surface area contributed by atoms with Gasteiger partial charge in [0, 0.05) is 19.1 Å². The molecule has 17 heavy (non-hydrogen) atoms. The van der Waals surface area contributed by atoms with Crippen molar-refractivity contribution in [3.8, 4) is 0 Å². The third-order valence-electron chi connectivity index (χ3n) is 3.36. The van der Waals surface area contributed by atoms with Gasteiger partial charge in [-0.05, 0) is 26.2 Å². The Labute approximate surface area is 104 Å². The van der Waals surface area contributed by atoms with E-state index in [2.05, 4.69) is 19.2 Å². The Bertz CT molecular complexity index is 264. The van der Waals surface area contributed by atoms with Gasteiger partial charge in [-0.3, -0.25) is 4.79 Å². The van der Waals surface area contributed by atoms with Crippen molar-refractivity contribution >= 4 is 5.91 Å². The second kappa shape index (κ2) is 5.83. The molecule has 100 valence electrons. The maximum Gasteiger partial charge on any atom is 0.239 e. The zero-order valence-corrected chi connectivity index (χ0v) is 11.5. The van der Waals surface area contributed by atoms with Gasteiger partial charge in [0.25, 0.3) is 0 Å². The summed E-state index contributed by atoms with van der Waals surface area (Å²) in [5.74, 6) is 0.138. The van der Waals surface area contributed by atoms with Crippen LogP contribution in [0.2, 0.25) is 0 Å². The molecule has 4 nitrogen and oxygen atoms in total. The van der Waals surface area contributed by atoms with Crippen LogP contribution in [0.25, 0.3) is 0 Å². The maximum atomic E-state index is 12.2. The molecule has 1 amide bonds. The van der Waals surface area contributed by atoms with Gasteiger partial charge >= 0.3 is 0 Å². The fraction of sp³-hybridized carbons (Fsp3) is 0.923. The minimum Gasteiger partial charge on any atom is -0.388 e. The number of amides is 1. The van der Waals surface area contributed by atoms with Crippen molar-refractivity contribution in [3.05, 3.63) is 0 Å². The Hall–Kier alpha value is -0.610. The lowest BCUT2D eigenvalue weighted by atomic mass is 9.98. The summed E-state index contributed by atoms with van der Waals surface area (Å²) >= 11 is 0. The number of hydrogen-bond donors (Lipinski definition) is 2. The van der Waals surface area contributed by atoms with Crippen LogP contribution in [0, 0.1) is 0 Å². The maximum absolute atomic E-state index is 12.2. The topological polar surface area (TPSA) is 52.6 Å². The molecule has 0 saturated carbocycles. The minimum atomic E-state index is -0.768. The molecule has 1 saturated heterocycles. The van der Waals surface area contributed by atoms with Crippen LogP contribution >= 0.6 is 0 Å². The summed E-state index contributed by atoms with van der Waals surface area (Å²) in [4.78, 5) is 14.0. The zero-order chi connectivity index (χ0) is 13.1. The van der Waals surface area contributed by atoms with E-state index >= 15 is 0 Å². The summed E-state index contributed by atoms with van der Waals surface area (Å²) in [6.45, 7) is 9.05. The highest BCUT2D eigenvalue weighted by molar-refractivity contribution is 5.82. The third kappa shape index (κ3) is 4.28. The summed E-state index contributed by atoms with van der Waals surface area (Å²) in [6, 6.07) is 0.243. The van der Waals surface area contributed by atoms with Crippen LogP contribution in [0.4, 0.5) is 0 Å². The highest BCUT2D eigenvalue weighted by atomic mass is 16.3. The van der Waals surface area contributed by atoms with Gasteiger partial charge in [-0.15, -0.1) is 0 Å². The molecule has 1 rings (SSSR count). The van der Waals surface area contributed by atoms with Crippen LogP contribution in [-0.4, -0.2) is 46.7 Å². The molecular formula is C13H26N2O2. The standard InChI is InChI=1S/C13H26N2O2/c1-5-13(4,17)9-15-8-6-7-11(12(15)16)14-10(2)3/h10-11,14,17H,5-9H2,1-4H3. The van der Waals surface area contributed by atoms with Crippen LogP contribution < -0.4 is 5.32 Å². The Morgan fingerprint density at radius 3 is 2.76 bits per heavy atom. The molecule has 2 atom stereocenters. The fourth-order valence-corrected chi connectivity index (χ4v) is 2.18. The number of β-amino-alcohol motifs (C(OH)–C–C–N with tert-alkyl or cyclic N) is 1. The van der Waals surface area contributed by atoms with Crippen LogP contribution in [0.5, 0.6) is 0 Å². The van der Waals surface area contributed by atoms with Gasteiger partial charge in [-0.1, -0.05) is 20.8 Å². The smallest absolute Gasteiger partial charge is 0.239 e. The van der Waals surface area contributed by atoms with Crippen molar-refractivity contribution in [3.63, 3.8) is 0 Å². The van der Waals surface area contributed by atoms with E-state index < -0.39 is 5.60 Å². The van der Waals surface area contributed by atoms with E-state index in [9.17, 15) is 9.90 Å². The molecular weight excluding hydrogens is 216 g/mol. The summed E-state index contributed by atoms with van der Waals surface area (Å²) < 4.78 is 0. The lowest BCUT2D eigenvalue weighted by molar-refractivity contribution is -0.139. The van der Waals surface area contributed by atoms with Crippen LogP contribution in [0.15, 0.2) is 0 Å². The van der Waals surface area contributed by atoms with Gasteiger partial charge in [0.1, 0.15) is 0 Å². The number of nitrogens with one attached hydrogen (secondary N) is 1. The van der Waals surface area contributed by atoms with Crippen molar-refractivity contribution in [1.82, 2.24) is 10.2 Å². The Kier molecular flexibility index (Phi) is 4.95. The molecule has 0 bridgehead atoms. The van der Waals surface area contributed by atoms with Crippen LogP contribution in [0.3, 0.4) is 0 Å². The van der Waals surface area contributed by atoms with Crippen LogP contribution in [-0.2, 0) is 4.79 Å². The third-order valence-corrected chi connectivity index (χ3v) is 3.36. The van der Waals surface area contributed by atoms with Crippen molar-refractivity contribution in [2.45, 2.75) is 64.6 Å². The summed E-state index contributed by atoms with van der Waals surface area (Å²) in [5.41, 5.74) is -0.768. The molecule has 0 spiro atoms. The van der Waals surface area contributed by atoms with E-state index in [0.29, 0.717) is 19.0 Å². The van der Waals surface area contributed by atoms with E-state index in [4.69, 9.17) is 0 Å². The first-order chi connectivity index (χ1) is 7.85. The van der Waals surface area contributed by atoms with Gasteiger partial charge < -0.3 is 15.3 Å². The molecule has 1 heterocycles. The second-order valence-corrected chi connectivity index (χ2v) is 5.63. The van der Waals surface area contributed by atoms with Gasteiger partial charge in [0.2, 0.25) is 5.91 Å². The van der Waals surface area contributed by atoms with Gasteiger partial charge in [0.05, 0.1) is 11.6 Å². The number of nitrogens with zero attached hydrogens (tertiary/aromatic N) is 1. The number of aliphatic hydroxyl groups is 1. The van der Waals surface area contributed by atoms with E-state index in [1.54, 1.807) is 11.8 Å². The molecule has 4 heteroatoms. The fourth-order valence-electron chi connectivity index (χ4n) is 2.18. The first-order valence-electron chi connectivity index (χ1n) is 6.63. The lowest BCUT2D eigenvalue weighted by Gasteiger charge is -2.37. The van der Waals surface area contributed by atoms with E-state index in [1.165, 1.54) is 0 Å². The van der Waals surface area contributed by atoms with Crippen molar-refractivity contribution in [2.24, 2.45) is 0 Å². The van der Waals surface area contributed by atoms with Gasteiger partial charge in [0.15, 0.2) is 0 Å². The summed E-state index contributed by atoms with van der Waals surface area (Å²) in [5, 5.41) is 13.3. The van der Waals surface area contributed by atoms with Gasteiger partial charge in [-0.2, -0.15) is 0 Å². The molecule has 2 N–H and O–H groups in total. The minimum absolute atomic E-state index is 0.0728. The highest BCUT2D eigenvalue weighted by Crippen LogP contribution is 2.17. The number of piperidine rings is 1. The molecule has 1 fully saturated rings.